The van der Waals surface area contributed by atoms with Crippen molar-refractivity contribution in [1.82, 2.24) is 9.78 Å². The lowest BCUT2D eigenvalue weighted by Gasteiger charge is -2.15. The van der Waals surface area contributed by atoms with E-state index in [2.05, 4.69) is 10.4 Å². The Balaban J connectivity index is 2.94. The number of rotatable bonds is 6. The van der Waals surface area contributed by atoms with Crippen LogP contribution in [-0.2, 0) is 13.5 Å². The highest BCUT2D eigenvalue weighted by molar-refractivity contribution is 5.59. The van der Waals surface area contributed by atoms with Crippen molar-refractivity contribution in [3.8, 4) is 0 Å². The number of aromatic nitrogens is 2. The van der Waals surface area contributed by atoms with Gasteiger partial charge in [-0.1, -0.05) is 6.92 Å². The fourth-order valence-corrected chi connectivity index (χ4v) is 1.58. The van der Waals surface area contributed by atoms with Crippen molar-refractivity contribution in [2.45, 2.75) is 32.4 Å². The van der Waals surface area contributed by atoms with Gasteiger partial charge in [0.2, 0.25) is 5.82 Å². The zero-order chi connectivity index (χ0) is 13.9. The van der Waals surface area contributed by atoms with Crippen LogP contribution in [0.25, 0.3) is 0 Å². The van der Waals surface area contributed by atoms with Gasteiger partial charge in [0.15, 0.2) is 0 Å². The standard InChI is InChI=1S/C10H19N5O3/c1-4-8-9(15(17)18)10(14(3)13-8)12-5-7(11)6(2)16/h6-7,12,16H,4-5,11H2,1-3H3. The number of anilines is 1. The van der Waals surface area contributed by atoms with Crippen LogP contribution in [0.3, 0.4) is 0 Å². The van der Waals surface area contributed by atoms with E-state index in [0.29, 0.717) is 17.9 Å². The number of nitrogens with one attached hydrogen (secondary N) is 1. The van der Waals surface area contributed by atoms with Crippen LogP contribution in [0.15, 0.2) is 0 Å². The van der Waals surface area contributed by atoms with Crippen LogP contribution in [0.2, 0.25) is 0 Å². The van der Waals surface area contributed by atoms with E-state index in [1.54, 1.807) is 20.9 Å². The molecular formula is C10H19N5O3. The summed E-state index contributed by atoms with van der Waals surface area (Å²) in [6.07, 6.45) is -0.204. The topological polar surface area (TPSA) is 119 Å². The average Bonchev–Trinajstić information content (AvgIpc) is 2.62. The van der Waals surface area contributed by atoms with Gasteiger partial charge in [-0.3, -0.25) is 10.1 Å². The fraction of sp³-hybridized carbons (Fsp3) is 0.700. The molecule has 1 aromatic rings. The number of hydrogen-bond acceptors (Lipinski definition) is 6. The Hall–Kier alpha value is -1.67. The average molecular weight is 257 g/mol. The Morgan fingerprint density at radius 3 is 2.72 bits per heavy atom. The molecule has 0 bridgehead atoms. The first-order valence-electron chi connectivity index (χ1n) is 5.76. The number of nitro groups is 1. The van der Waals surface area contributed by atoms with Crippen molar-refractivity contribution in [1.29, 1.82) is 0 Å². The van der Waals surface area contributed by atoms with E-state index in [9.17, 15) is 15.2 Å². The molecule has 18 heavy (non-hydrogen) atoms. The van der Waals surface area contributed by atoms with Gasteiger partial charge in [0.05, 0.1) is 11.0 Å². The van der Waals surface area contributed by atoms with Crippen LogP contribution < -0.4 is 11.1 Å². The normalized spacial score (nSPS) is 14.3. The third-order valence-corrected chi connectivity index (χ3v) is 2.73. The molecule has 0 radical (unpaired) electrons. The summed E-state index contributed by atoms with van der Waals surface area (Å²) in [4.78, 5) is 10.6. The Morgan fingerprint density at radius 2 is 2.28 bits per heavy atom. The lowest BCUT2D eigenvalue weighted by atomic mass is 10.2. The summed E-state index contributed by atoms with van der Waals surface area (Å²) < 4.78 is 1.42. The molecule has 0 aliphatic heterocycles. The lowest BCUT2D eigenvalue weighted by molar-refractivity contribution is -0.384. The molecule has 8 nitrogen and oxygen atoms in total. The van der Waals surface area contributed by atoms with Gasteiger partial charge < -0.3 is 16.2 Å². The maximum Gasteiger partial charge on any atom is 0.333 e. The number of aliphatic hydroxyl groups is 1. The van der Waals surface area contributed by atoms with E-state index in [-0.39, 0.29) is 12.2 Å². The minimum absolute atomic E-state index is 0.0298. The maximum atomic E-state index is 11.0. The Kier molecular flexibility index (Phi) is 4.62. The summed E-state index contributed by atoms with van der Waals surface area (Å²) in [6.45, 7) is 3.61. The highest BCUT2D eigenvalue weighted by Gasteiger charge is 2.25. The molecule has 8 heteroatoms. The van der Waals surface area contributed by atoms with Gasteiger partial charge in [0.25, 0.3) is 0 Å². The Bertz CT molecular complexity index is 429. The van der Waals surface area contributed by atoms with E-state index in [0.717, 1.165) is 0 Å². The van der Waals surface area contributed by atoms with Crippen LogP contribution in [0, 0.1) is 10.1 Å². The number of aryl methyl sites for hydroxylation is 2. The van der Waals surface area contributed by atoms with Crippen LogP contribution >= 0.6 is 0 Å². The predicted molar refractivity (Wildman–Crippen MR) is 67.4 cm³/mol. The highest BCUT2D eigenvalue weighted by atomic mass is 16.6. The second-order valence-corrected chi connectivity index (χ2v) is 4.16. The number of nitrogens with zero attached hydrogens (tertiary/aromatic N) is 3. The smallest absolute Gasteiger partial charge is 0.333 e. The molecule has 0 aliphatic carbocycles. The van der Waals surface area contributed by atoms with Crippen LogP contribution in [0.1, 0.15) is 19.5 Å². The zero-order valence-electron chi connectivity index (χ0n) is 10.8. The van der Waals surface area contributed by atoms with Gasteiger partial charge in [-0.15, -0.1) is 0 Å². The summed E-state index contributed by atoms with van der Waals surface area (Å²) in [7, 11) is 1.63. The van der Waals surface area contributed by atoms with Crippen molar-refractivity contribution in [2.24, 2.45) is 12.8 Å². The molecule has 1 rings (SSSR count). The molecule has 1 aromatic heterocycles. The second-order valence-electron chi connectivity index (χ2n) is 4.16. The van der Waals surface area contributed by atoms with Crippen molar-refractivity contribution in [2.75, 3.05) is 11.9 Å². The molecule has 0 saturated heterocycles. The van der Waals surface area contributed by atoms with E-state index < -0.39 is 17.1 Å². The van der Waals surface area contributed by atoms with Gasteiger partial charge in [0, 0.05) is 19.6 Å². The molecule has 0 aromatic carbocycles. The molecule has 2 atom stereocenters. The van der Waals surface area contributed by atoms with Gasteiger partial charge in [-0.25, -0.2) is 4.68 Å². The summed E-state index contributed by atoms with van der Waals surface area (Å²) in [6, 6.07) is -0.496. The van der Waals surface area contributed by atoms with E-state index in [1.807, 2.05) is 0 Å². The summed E-state index contributed by atoms with van der Waals surface area (Å²) in [5, 5.41) is 27.3. The lowest BCUT2D eigenvalue weighted by Crippen LogP contribution is -2.39. The molecule has 0 spiro atoms. The summed E-state index contributed by atoms with van der Waals surface area (Å²) in [5.74, 6) is 0.313. The molecule has 0 fully saturated rings. The molecule has 102 valence electrons. The molecule has 2 unspecified atom stereocenters. The third-order valence-electron chi connectivity index (χ3n) is 2.73. The quantitative estimate of drug-likeness (QED) is 0.488. The first-order chi connectivity index (χ1) is 8.38. The summed E-state index contributed by atoms with van der Waals surface area (Å²) in [5.41, 5.74) is 6.06. The number of aliphatic hydroxyl groups excluding tert-OH is 1. The third kappa shape index (κ3) is 2.96. The zero-order valence-corrected chi connectivity index (χ0v) is 10.8. The second kappa shape index (κ2) is 5.78. The van der Waals surface area contributed by atoms with Crippen molar-refractivity contribution >= 4 is 11.5 Å². The number of hydrogen-bond donors (Lipinski definition) is 3. The van der Waals surface area contributed by atoms with Gasteiger partial charge >= 0.3 is 5.69 Å². The largest absolute Gasteiger partial charge is 0.392 e. The monoisotopic (exact) mass is 257 g/mol. The van der Waals surface area contributed by atoms with E-state index in [1.165, 1.54) is 4.68 Å². The summed E-state index contributed by atoms with van der Waals surface area (Å²) >= 11 is 0. The molecule has 4 N–H and O–H groups in total. The van der Waals surface area contributed by atoms with Crippen molar-refractivity contribution in [3.63, 3.8) is 0 Å². The SMILES string of the molecule is CCc1nn(C)c(NCC(N)C(C)O)c1[N+](=O)[O-]. The Labute approximate surface area is 105 Å². The number of nitrogens with two attached hydrogens (primary N) is 1. The first-order valence-corrected chi connectivity index (χ1v) is 5.76. The highest BCUT2D eigenvalue weighted by Crippen LogP contribution is 2.28. The van der Waals surface area contributed by atoms with Crippen molar-refractivity contribution in [3.05, 3.63) is 15.8 Å². The molecule has 0 aliphatic rings. The van der Waals surface area contributed by atoms with E-state index in [4.69, 9.17) is 5.73 Å². The first kappa shape index (κ1) is 14.4. The van der Waals surface area contributed by atoms with Gasteiger partial charge in [0.1, 0.15) is 5.69 Å². The maximum absolute atomic E-state index is 11.0. The molecule has 0 saturated carbocycles. The fourth-order valence-electron chi connectivity index (χ4n) is 1.58. The minimum atomic E-state index is -0.685. The van der Waals surface area contributed by atoms with Crippen LogP contribution in [0.5, 0.6) is 0 Å². The molecular weight excluding hydrogens is 238 g/mol. The Morgan fingerprint density at radius 1 is 1.67 bits per heavy atom. The van der Waals surface area contributed by atoms with Crippen LogP contribution in [0.4, 0.5) is 11.5 Å². The minimum Gasteiger partial charge on any atom is -0.392 e. The van der Waals surface area contributed by atoms with Crippen molar-refractivity contribution < 1.29 is 10.0 Å². The van der Waals surface area contributed by atoms with Gasteiger partial charge in [-0.2, -0.15) is 5.10 Å². The van der Waals surface area contributed by atoms with E-state index >= 15 is 0 Å². The molecule has 0 amide bonds. The van der Waals surface area contributed by atoms with Crippen LogP contribution in [-0.4, -0.2) is 38.5 Å². The predicted octanol–water partition coefficient (Wildman–Crippen LogP) is 0.0107. The molecule has 1 heterocycles. The van der Waals surface area contributed by atoms with Gasteiger partial charge in [-0.05, 0) is 13.3 Å².